The van der Waals surface area contributed by atoms with Gasteiger partial charge in [-0.1, -0.05) is 33.6 Å². The molecule has 3 nitrogen and oxygen atoms in total. The van der Waals surface area contributed by atoms with Gasteiger partial charge >= 0.3 is 0 Å². The zero-order valence-electron chi connectivity index (χ0n) is 19.6. The molecule has 2 amide bonds. The molecule has 0 saturated heterocycles. The minimum atomic E-state index is -0.115. The van der Waals surface area contributed by atoms with Crippen LogP contribution in [0.4, 0.5) is 0 Å². The Hall–Kier alpha value is -0.510. The van der Waals surface area contributed by atoms with Gasteiger partial charge in [0, 0.05) is 0 Å². The normalized spacial score (nSPS) is 44.9. The third kappa shape index (κ3) is 3.67. The number of thioether (sulfide) groups is 1. The Bertz CT molecular complexity index is 653. The maximum Gasteiger partial charge on any atom is 0.239 e. The van der Waals surface area contributed by atoms with Crippen LogP contribution in [0.25, 0.3) is 0 Å². The van der Waals surface area contributed by atoms with Gasteiger partial charge in [-0.05, 0) is 110 Å². The van der Waals surface area contributed by atoms with Crippen LogP contribution < -0.4 is 5.32 Å². The summed E-state index contributed by atoms with van der Waals surface area (Å²) in [6.45, 7) is 7.65. The van der Waals surface area contributed by atoms with Crippen molar-refractivity contribution in [1.29, 1.82) is 0 Å². The predicted molar refractivity (Wildman–Crippen MR) is 125 cm³/mol. The highest BCUT2D eigenvalue weighted by molar-refractivity contribution is 7.99. The average molecular weight is 434 g/mol. The molecule has 4 saturated carbocycles. The van der Waals surface area contributed by atoms with Crippen molar-refractivity contribution < 1.29 is 9.59 Å². The Morgan fingerprint density at radius 2 is 1.80 bits per heavy atom. The van der Waals surface area contributed by atoms with Gasteiger partial charge in [-0.25, -0.2) is 0 Å². The summed E-state index contributed by atoms with van der Waals surface area (Å²) < 4.78 is 0. The Morgan fingerprint density at radius 1 is 1.03 bits per heavy atom. The standard InChI is InChI=1S/C26H43NO2S/c1-17(15-23(30-4)24(29)27-16-28)20-10-11-21-19-9-8-18-7-5-6-13-25(18,2)22(19)12-14-26(20,21)3/h16-23H,5-15H2,1-4H3,(H,27,28,29)/t17-,18?,19?,20?,21?,22?,23?,25?,26?/m1/s1. The van der Waals surface area contributed by atoms with E-state index in [4.69, 9.17) is 0 Å². The van der Waals surface area contributed by atoms with E-state index >= 15 is 0 Å². The maximum absolute atomic E-state index is 12.3. The van der Waals surface area contributed by atoms with Gasteiger partial charge in [-0.3, -0.25) is 14.9 Å². The van der Waals surface area contributed by atoms with Crippen molar-refractivity contribution in [3.63, 3.8) is 0 Å². The van der Waals surface area contributed by atoms with Gasteiger partial charge in [0.15, 0.2) is 0 Å². The van der Waals surface area contributed by atoms with Crippen LogP contribution >= 0.6 is 11.8 Å². The summed E-state index contributed by atoms with van der Waals surface area (Å²) in [5.74, 6) is 4.92. The van der Waals surface area contributed by atoms with Gasteiger partial charge in [0.05, 0.1) is 5.25 Å². The number of nitrogens with one attached hydrogen (secondary N) is 1. The van der Waals surface area contributed by atoms with E-state index in [1.165, 1.54) is 64.2 Å². The first-order valence-corrected chi connectivity index (χ1v) is 13.9. The molecule has 0 heterocycles. The van der Waals surface area contributed by atoms with Crippen LogP contribution in [0.15, 0.2) is 0 Å². The van der Waals surface area contributed by atoms with Crippen molar-refractivity contribution in [2.24, 2.45) is 46.3 Å². The molecule has 8 unspecified atom stereocenters. The number of fused-ring (bicyclic) bond motifs is 5. The van der Waals surface area contributed by atoms with Crippen LogP contribution in [-0.4, -0.2) is 23.8 Å². The maximum atomic E-state index is 12.3. The van der Waals surface area contributed by atoms with E-state index in [1.807, 2.05) is 6.26 Å². The lowest BCUT2D eigenvalue weighted by molar-refractivity contribution is -0.125. The smallest absolute Gasteiger partial charge is 0.239 e. The molecule has 4 aliphatic rings. The summed E-state index contributed by atoms with van der Waals surface area (Å²) >= 11 is 1.59. The number of imide groups is 1. The SMILES string of the molecule is CSC(C[C@@H](C)C1CCC2C3CCC4CCCCC4(C)C3CCC21C)C(=O)NC=O. The fraction of sp³-hybridized carbons (Fsp3) is 0.923. The lowest BCUT2D eigenvalue weighted by atomic mass is 9.44. The molecule has 0 aromatic carbocycles. The Morgan fingerprint density at radius 3 is 2.53 bits per heavy atom. The van der Waals surface area contributed by atoms with Crippen LogP contribution in [0.2, 0.25) is 0 Å². The minimum Gasteiger partial charge on any atom is -0.298 e. The molecule has 30 heavy (non-hydrogen) atoms. The Labute approximate surface area is 188 Å². The lowest BCUT2D eigenvalue weighted by Crippen LogP contribution is -2.53. The fourth-order valence-corrected chi connectivity index (χ4v) is 10.0. The molecule has 170 valence electrons. The highest BCUT2D eigenvalue weighted by Crippen LogP contribution is 2.68. The van der Waals surface area contributed by atoms with Gasteiger partial charge in [-0.2, -0.15) is 11.8 Å². The summed E-state index contributed by atoms with van der Waals surface area (Å²) in [7, 11) is 0. The van der Waals surface area contributed by atoms with E-state index in [0.29, 0.717) is 23.2 Å². The second kappa shape index (κ2) is 8.79. The van der Waals surface area contributed by atoms with E-state index < -0.39 is 0 Å². The summed E-state index contributed by atoms with van der Waals surface area (Å²) in [5.41, 5.74) is 1.06. The number of carbonyl (C=O) groups excluding carboxylic acids is 2. The monoisotopic (exact) mass is 433 g/mol. The summed E-state index contributed by atoms with van der Waals surface area (Å²) in [6, 6.07) is 0. The first-order valence-electron chi connectivity index (χ1n) is 12.6. The molecule has 0 aromatic rings. The first-order chi connectivity index (χ1) is 14.3. The lowest BCUT2D eigenvalue weighted by Gasteiger charge is -2.61. The van der Waals surface area contributed by atoms with Crippen LogP contribution in [0.3, 0.4) is 0 Å². The third-order valence-electron chi connectivity index (χ3n) is 10.7. The van der Waals surface area contributed by atoms with E-state index in [2.05, 4.69) is 26.1 Å². The topological polar surface area (TPSA) is 46.2 Å². The minimum absolute atomic E-state index is 0.110. The predicted octanol–water partition coefficient (Wildman–Crippen LogP) is 6.07. The van der Waals surface area contributed by atoms with E-state index in [0.717, 1.165) is 36.0 Å². The van der Waals surface area contributed by atoms with Gasteiger partial charge in [0.25, 0.3) is 0 Å². The molecule has 0 aromatic heterocycles. The van der Waals surface area contributed by atoms with E-state index in [9.17, 15) is 9.59 Å². The van der Waals surface area contributed by atoms with Crippen molar-refractivity contribution in [2.45, 2.75) is 96.7 Å². The van der Waals surface area contributed by atoms with E-state index in [-0.39, 0.29) is 11.2 Å². The van der Waals surface area contributed by atoms with Crippen LogP contribution in [-0.2, 0) is 9.59 Å². The van der Waals surface area contributed by atoms with Gasteiger partial charge < -0.3 is 0 Å². The van der Waals surface area contributed by atoms with Gasteiger partial charge in [0.2, 0.25) is 12.3 Å². The van der Waals surface area contributed by atoms with Crippen molar-refractivity contribution >= 4 is 24.1 Å². The van der Waals surface area contributed by atoms with E-state index in [1.54, 1.807) is 11.8 Å². The van der Waals surface area contributed by atoms with Crippen LogP contribution in [0.5, 0.6) is 0 Å². The zero-order valence-corrected chi connectivity index (χ0v) is 20.4. The molecule has 4 heteroatoms. The second-order valence-electron chi connectivity index (χ2n) is 11.7. The molecule has 4 aliphatic carbocycles. The summed E-state index contributed by atoms with van der Waals surface area (Å²) in [6.07, 6.45) is 17.8. The first kappa shape index (κ1) is 22.7. The number of rotatable bonds is 6. The molecule has 4 rings (SSSR count). The number of amides is 2. The second-order valence-corrected chi connectivity index (χ2v) is 12.7. The zero-order chi connectivity index (χ0) is 21.5. The molecule has 0 aliphatic heterocycles. The Balaban J connectivity index is 1.48. The fourth-order valence-electron chi connectivity index (χ4n) is 9.23. The van der Waals surface area contributed by atoms with Gasteiger partial charge in [0.1, 0.15) is 0 Å². The molecule has 9 atom stereocenters. The van der Waals surface area contributed by atoms with Crippen molar-refractivity contribution in [3.8, 4) is 0 Å². The molecule has 1 N–H and O–H groups in total. The summed E-state index contributed by atoms with van der Waals surface area (Å²) in [4.78, 5) is 23.0. The quantitative estimate of drug-likeness (QED) is 0.517. The summed E-state index contributed by atoms with van der Waals surface area (Å²) in [5, 5.41) is 2.28. The van der Waals surface area contributed by atoms with Crippen LogP contribution in [0.1, 0.15) is 91.4 Å². The molecule has 4 fully saturated rings. The highest BCUT2D eigenvalue weighted by atomic mass is 32.2. The Kier molecular flexibility index (Phi) is 6.64. The molecular formula is C26H43NO2S. The van der Waals surface area contributed by atoms with Crippen molar-refractivity contribution in [2.75, 3.05) is 6.26 Å². The van der Waals surface area contributed by atoms with Crippen molar-refractivity contribution in [1.82, 2.24) is 5.32 Å². The van der Waals surface area contributed by atoms with Gasteiger partial charge in [-0.15, -0.1) is 0 Å². The number of carbonyl (C=O) groups is 2. The number of hydrogen-bond acceptors (Lipinski definition) is 3. The largest absolute Gasteiger partial charge is 0.298 e. The molecule has 0 spiro atoms. The molecular weight excluding hydrogens is 390 g/mol. The highest BCUT2D eigenvalue weighted by Gasteiger charge is 2.60. The third-order valence-corrected chi connectivity index (χ3v) is 11.7. The number of hydrogen-bond donors (Lipinski definition) is 1. The van der Waals surface area contributed by atoms with Crippen molar-refractivity contribution in [3.05, 3.63) is 0 Å². The average Bonchev–Trinajstić information content (AvgIpc) is 3.09. The molecule has 0 bridgehead atoms. The van der Waals surface area contributed by atoms with Crippen LogP contribution in [0, 0.1) is 46.3 Å². The molecule has 0 radical (unpaired) electrons.